The van der Waals surface area contributed by atoms with Gasteiger partial charge in [-0.25, -0.2) is 13.1 Å². The van der Waals surface area contributed by atoms with E-state index in [4.69, 9.17) is 0 Å². The van der Waals surface area contributed by atoms with E-state index in [0.717, 1.165) is 25.7 Å². The number of amides is 1. The molecule has 1 aliphatic carbocycles. The van der Waals surface area contributed by atoms with Crippen LogP contribution in [-0.2, 0) is 10.0 Å². The normalized spacial score (nSPS) is 16.7. The molecule has 1 saturated carbocycles. The molecule has 0 aliphatic heterocycles. The summed E-state index contributed by atoms with van der Waals surface area (Å²) in [4.78, 5) is 12.1. The Hall–Kier alpha value is -1.40. The molecule has 0 aromatic heterocycles. The van der Waals surface area contributed by atoms with Crippen molar-refractivity contribution in [3.63, 3.8) is 0 Å². The minimum Gasteiger partial charge on any atom is -0.350 e. The molecular formula is C16H24N2O3S. The average Bonchev–Trinajstić information content (AvgIpc) is 2.47. The molecule has 0 spiro atoms. The van der Waals surface area contributed by atoms with Gasteiger partial charge in [-0.3, -0.25) is 4.79 Å². The Balaban J connectivity index is 2.06. The molecular weight excluding hydrogens is 300 g/mol. The summed E-state index contributed by atoms with van der Waals surface area (Å²) in [7, 11) is -3.51. The highest BCUT2D eigenvalue weighted by atomic mass is 32.2. The second kappa shape index (κ2) is 7.24. The van der Waals surface area contributed by atoms with E-state index >= 15 is 0 Å². The van der Waals surface area contributed by atoms with Crippen molar-refractivity contribution in [2.24, 2.45) is 0 Å². The Morgan fingerprint density at radius 2 is 1.68 bits per heavy atom. The molecule has 0 radical (unpaired) electrons. The Labute approximate surface area is 132 Å². The first-order valence-corrected chi connectivity index (χ1v) is 9.30. The number of rotatable bonds is 5. The fourth-order valence-corrected chi connectivity index (χ4v) is 3.94. The second-order valence-electron chi connectivity index (χ2n) is 6.11. The van der Waals surface area contributed by atoms with Crippen LogP contribution in [0.3, 0.4) is 0 Å². The van der Waals surface area contributed by atoms with Crippen molar-refractivity contribution in [2.75, 3.05) is 0 Å². The molecule has 5 nitrogen and oxygen atoms in total. The van der Waals surface area contributed by atoms with Crippen molar-refractivity contribution < 1.29 is 13.2 Å². The highest BCUT2D eigenvalue weighted by Gasteiger charge is 2.22. The van der Waals surface area contributed by atoms with Gasteiger partial charge in [0, 0.05) is 17.6 Å². The quantitative estimate of drug-likeness (QED) is 0.873. The zero-order valence-corrected chi connectivity index (χ0v) is 13.9. The van der Waals surface area contributed by atoms with Crippen LogP contribution in [0, 0.1) is 0 Å². The zero-order valence-electron chi connectivity index (χ0n) is 13.1. The van der Waals surface area contributed by atoms with Gasteiger partial charge in [-0.15, -0.1) is 0 Å². The van der Waals surface area contributed by atoms with E-state index in [1.807, 2.05) is 13.8 Å². The van der Waals surface area contributed by atoms with Crippen LogP contribution in [0.4, 0.5) is 0 Å². The third-order valence-corrected chi connectivity index (χ3v) is 5.31. The molecule has 0 unspecified atom stereocenters. The predicted octanol–water partition coefficient (Wildman–Crippen LogP) is 2.44. The molecule has 1 aliphatic rings. The molecule has 22 heavy (non-hydrogen) atoms. The first-order chi connectivity index (χ1) is 10.4. The van der Waals surface area contributed by atoms with Crippen molar-refractivity contribution in [1.82, 2.24) is 10.0 Å². The number of benzene rings is 1. The van der Waals surface area contributed by atoms with E-state index in [1.54, 1.807) is 12.1 Å². The van der Waals surface area contributed by atoms with E-state index in [9.17, 15) is 13.2 Å². The number of carbonyl (C=O) groups excluding carboxylic acids is 1. The van der Waals surface area contributed by atoms with Gasteiger partial charge in [-0.2, -0.15) is 0 Å². The van der Waals surface area contributed by atoms with Crippen molar-refractivity contribution in [3.05, 3.63) is 29.8 Å². The summed E-state index contributed by atoms with van der Waals surface area (Å²) in [5.74, 6) is -0.195. The number of hydrogen-bond donors (Lipinski definition) is 2. The molecule has 0 bridgehead atoms. The van der Waals surface area contributed by atoms with Crippen LogP contribution in [0.1, 0.15) is 56.3 Å². The molecule has 1 aromatic carbocycles. The maximum Gasteiger partial charge on any atom is 0.251 e. The second-order valence-corrected chi connectivity index (χ2v) is 7.82. The summed E-state index contributed by atoms with van der Waals surface area (Å²) in [6.45, 7) is 3.76. The molecule has 1 aromatic rings. The van der Waals surface area contributed by atoms with Gasteiger partial charge in [0.1, 0.15) is 0 Å². The molecule has 0 heterocycles. The fraction of sp³-hybridized carbons (Fsp3) is 0.562. The number of nitrogens with one attached hydrogen (secondary N) is 2. The number of carbonyl (C=O) groups is 1. The van der Waals surface area contributed by atoms with E-state index in [2.05, 4.69) is 10.0 Å². The molecule has 1 amide bonds. The van der Waals surface area contributed by atoms with Crippen LogP contribution >= 0.6 is 0 Å². The Morgan fingerprint density at radius 1 is 1.09 bits per heavy atom. The van der Waals surface area contributed by atoms with Gasteiger partial charge in [0.15, 0.2) is 0 Å². The third-order valence-electron chi connectivity index (χ3n) is 3.77. The summed E-state index contributed by atoms with van der Waals surface area (Å²) in [5.41, 5.74) is 0.463. The predicted molar refractivity (Wildman–Crippen MR) is 86.2 cm³/mol. The minimum absolute atomic E-state index is 0.0302. The van der Waals surface area contributed by atoms with Gasteiger partial charge in [0.2, 0.25) is 10.0 Å². The van der Waals surface area contributed by atoms with Crippen LogP contribution in [0.2, 0.25) is 0 Å². The van der Waals surface area contributed by atoms with Gasteiger partial charge in [0.05, 0.1) is 4.90 Å². The lowest BCUT2D eigenvalue weighted by atomic mass is 9.96. The summed E-state index contributed by atoms with van der Waals surface area (Å²) in [6.07, 6.45) is 5.11. The highest BCUT2D eigenvalue weighted by Crippen LogP contribution is 2.20. The average molecular weight is 324 g/mol. The largest absolute Gasteiger partial charge is 0.350 e. The molecule has 2 rings (SSSR count). The first kappa shape index (κ1) is 17.0. The standard InChI is InChI=1S/C16H24N2O3S/c1-12(2)17-16(19)13-8-10-15(11-9-13)22(20,21)18-14-6-4-3-5-7-14/h8-12,14,18H,3-7H2,1-2H3,(H,17,19). The monoisotopic (exact) mass is 324 g/mol. The lowest BCUT2D eigenvalue weighted by Crippen LogP contribution is -2.36. The minimum atomic E-state index is -3.51. The Bertz CT molecular complexity index is 603. The first-order valence-electron chi connectivity index (χ1n) is 7.82. The summed E-state index contributed by atoms with van der Waals surface area (Å²) in [5, 5.41) is 2.78. The molecule has 0 atom stereocenters. The van der Waals surface area contributed by atoms with Gasteiger partial charge >= 0.3 is 0 Å². The summed E-state index contributed by atoms with van der Waals surface area (Å²) in [6, 6.07) is 6.15. The Morgan fingerprint density at radius 3 is 2.23 bits per heavy atom. The van der Waals surface area contributed by atoms with Gasteiger partial charge in [0.25, 0.3) is 5.91 Å². The fourth-order valence-electron chi connectivity index (χ4n) is 2.64. The summed E-state index contributed by atoms with van der Waals surface area (Å²) < 4.78 is 27.5. The van der Waals surface area contributed by atoms with Crippen molar-refractivity contribution in [3.8, 4) is 0 Å². The lowest BCUT2D eigenvalue weighted by molar-refractivity contribution is 0.0943. The maximum atomic E-state index is 12.3. The van der Waals surface area contributed by atoms with E-state index in [1.165, 1.54) is 18.6 Å². The van der Waals surface area contributed by atoms with Crippen LogP contribution in [0.5, 0.6) is 0 Å². The van der Waals surface area contributed by atoms with Crippen LogP contribution < -0.4 is 10.0 Å². The van der Waals surface area contributed by atoms with Crippen molar-refractivity contribution in [2.45, 2.75) is 62.9 Å². The number of hydrogen-bond acceptors (Lipinski definition) is 3. The molecule has 1 fully saturated rings. The molecule has 6 heteroatoms. The van der Waals surface area contributed by atoms with Crippen molar-refractivity contribution >= 4 is 15.9 Å². The van der Waals surface area contributed by atoms with E-state index in [-0.39, 0.29) is 22.9 Å². The molecule has 122 valence electrons. The lowest BCUT2D eigenvalue weighted by Gasteiger charge is -2.22. The van der Waals surface area contributed by atoms with Gasteiger partial charge in [-0.05, 0) is 51.0 Å². The topological polar surface area (TPSA) is 75.3 Å². The van der Waals surface area contributed by atoms with Gasteiger partial charge in [-0.1, -0.05) is 19.3 Å². The third kappa shape index (κ3) is 4.55. The SMILES string of the molecule is CC(C)NC(=O)c1ccc(S(=O)(=O)NC2CCCCC2)cc1. The number of sulfonamides is 1. The highest BCUT2D eigenvalue weighted by molar-refractivity contribution is 7.89. The van der Waals surface area contributed by atoms with Crippen LogP contribution in [0.25, 0.3) is 0 Å². The zero-order chi connectivity index (χ0) is 16.2. The molecule has 0 saturated heterocycles. The smallest absolute Gasteiger partial charge is 0.251 e. The molecule has 2 N–H and O–H groups in total. The van der Waals surface area contributed by atoms with Gasteiger partial charge < -0.3 is 5.32 Å². The van der Waals surface area contributed by atoms with Crippen LogP contribution in [-0.4, -0.2) is 26.4 Å². The van der Waals surface area contributed by atoms with Crippen LogP contribution in [0.15, 0.2) is 29.2 Å². The maximum absolute atomic E-state index is 12.3. The van der Waals surface area contributed by atoms with E-state index in [0.29, 0.717) is 5.56 Å². The van der Waals surface area contributed by atoms with E-state index < -0.39 is 10.0 Å². The summed E-state index contributed by atoms with van der Waals surface area (Å²) >= 11 is 0. The Kier molecular flexibility index (Phi) is 5.58. The van der Waals surface area contributed by atoms with Crippen molar-refractivity contribution in [1.29, 1.82) is 0 Å².